The molecule has 2 amide bonds. The lowest BCUT2D eigenvalue weighted by Gasteiger charge is -2.22. The predicted octanol–water partition coefficient (Wildman–Crippen LogP) is 0.0351. The molecule has 0 radical (unpaired) electrons. The van der Waals surface area contributed by atoms with Crippen molar-refractivity contribution in [2.24, 2.45) is 5.73 Å². The van der Waals surface area contributed by atoms with Gasteiger partial charge in [0.05, 0.1) is 12.4 Å². The molecule has 0 aliphatic rings. The first kappa shape index (κ1) is 24.2. The van der Waals surface area contributed by atoms with Crippen LogP contribution in [0.15, 0.2) is 36.8 Å². The summed E-state index contributed by atoms with van der Waals surface area (Å²) in [6, 6.07) is 2.99. The fourth-order valence-electron chi connectivity index (χ4n) is 2.82. The van der Waals surface area contributed by atoms with Gasteiger partial charge in [-0.1, -0.05) is 12.1 Å². The molecule has 0 fully saturated rings. The molecule has 1 aromatic carbocycles. The van der Waals surface area contributed by atoms with E-state index in [0.717, 1.165) is 0 Å². The van der Waals surface area contributed by atoms with Gasteiger partial charge in [0, 0.05) is 24.7 Å². The molecular formula is C20H27N5O5S. The lowest BCUT2D eigenvalue weighted by Crippen LogP contribution is -2.55. The number of hydrogen-bond donors (Lipinski definition) is 6. The standard InChI is InChI=1S/C20H27N5O5S/c1-31-7-6-15(21)18(27)24-16(9-13-10-22-11-23-13)19(28)25-17(20(29)30)8-12-2-4-14(26)5-3-12/h2-5,10-11,15-17,26H,6-9,21H2,1H3,(H,22,23)(H,24,27)(H,25,28)(H,29,30). The summed E-state index contributed by atoms with van der Waals surface area (Å²) in [4.78, 5) is 43.8. The lowest BCUT2D eigenvalue weighted by atomic mass is 10.0. The van der Waals surface area contributed by atoms with Crippen LogP contribution in [0.2, 0.25) is 0 Å². The normalized spacial score (nSPS) is 13.7. The van der Waals surface area contributed by atoms with E-state index in [1.807, 2.05) is 6.26 Å². The second-order valence-electron chi connectivity index (χ2n) is 7.00. The lowest BCUT2D eigenvalue weighted by molar-refractivity contribution is -0.142. The highest BCUT2D eigenvalue weighted by Gasteiger charge is 2.28. The molecule has 2 rings (SSSR count). The molecule has 0 saturated heterocycles. The van der Waals surface area contributed by atoms with Crippen LogP contribution in [0.25, 0.3) is 0 Å². The van der Waals surface area contributed by atoms with E-state index >= 15 is 0 Å². The van der Waals surface area contributed by atoms with Crippen LogP contribution in [0.1, 0.15) is 17.7 Å². The molecular weight excluding hydrogens is 422 g/mol. The molecule has 0 saturated carbocycles. The van der Waals surface area contributed by atoms with Gasteiger partial charge in [0.15, 0.2) is 0 Å². The maximum atomic E-state index is 12.9. The van der Waals surface area contributed by atoms with Crippen molar-refractivity contribution in [3.05, 3.63) is 48.0 Å². The highest BCUT2D eigenvalue weighted by molar-refractivity contribution is 7.98. The smallest absolute Gasteiger partial charge is 0.326 e. The number of benzene rings is 1. The van der Waals surface area contributed by atoms with Crippen molar-refractivity contribution in [1.82, 2.24) is 20.6 Å². The largest absolute Gasteiger partial charge is 0.508 e. The quantitative estimate of drug-likeness (QED) is 0.264. The molecule has 10 nitrogen and oxygen atoms in total. The molecule has 0 aliphatic carbocycles. The summed E-state index contributed by atoms with van der Waals surface area (Å²) >= 11 is 1.56. The third-order valence-corrected chi connectivity index (χ3v) is 5.22. The van der Waals surface area contributed by atoms with Crippen molar-refractivity contribution in [3.63, 3.8) is 0 Å². The number of aromatic amines is 1. The monoisotopic (exact) mass is 449 g/mol. The van der Waals surface area contributed by atoms with Gasteiger partial charge in [0.2, 0.25) is 11.8 Å². The highest BCUT2D eigenvalue weighted by atomic mass is 32.2. The van der Waals surface area contributed by atoms with Crippen LogP contribution in [0.3, 0.4) is 0 Å². The average molecular weight is 450 g/mol. The minimum Gasteiger partial charge on any atom is -0.508 e. The van der Waals surface area contributed by atoms with Crippen LogP contribution in [-0.4, -0.2) is 68.1 Å². The zero-order chi connectivity index (χ0) is 22.8. The number of aromatic nitrogens is 2. The molecule has 31 heavy (non-hydrogen) atoms. The molecule has 0 bridgehead atoms. The van der Waals surface area contributed by atoms with Crippen LogP contribution < -0.4 is 16.4 Å². The Morgan fingerprint density at radius 2 is 1.81 bits per heavy atom. The van der Waals surface area contributed by atoms with Gasteiger partial charge in [0.25, 0.3) is 0 Å². The first-order valence-corrected chi connectivity index (χ1v) is 11.0. The van der Waals surface area contributed by atoms with Gasteiger partial charge in [-0.05, 0) is 36.1 Å². The number of aliphatic carboxylic acids is 1. The van der Waals surface area contributed by atoms with Gasteiger partial charge in [-0.25, -0.2) is 9.78 Å². The van der Waals surface area contributed by atoms with Crippen LogP contribution in [0.5, 0.6) is 5.75 Å². The number of nitrogens with one attached hydrogen (secondary N) is 3. The summed E-state index contributed by atoms with van der Waals surface area (Å²) in [7, 11) is 0. The van der Waals surface area contributed by atoms with Crippen molar-refractivity contribution >= 4 is 29.5 Å². The van der Waals surface area contributed by atoms with Crippen LogP contribution in [-0.2, 0) is 27.2 Å². The topological polar surface area (TPSA) is 170 Å². The molecule has 3 unspecified atom stereocenters. The fourth-order valence-corrected chi connectivity index (χ4v) is 3.31. The molecule has 2 aromatic rings. The summed E-state index contributed by atoms with van der Waals surface area (Å²) in [6.45, 7) is 0. The summed E-state index contributed by atoms with van der Waals surface area (Å²) in [5, 5.41) is 24.0. The van der Waals surface area contributed by atoms with Gasteiger partial charge in [-0.2, -0.15) is 11.8 Å². The molecule has 0 spiro atoms. The molecule has 0 aliphatic heterocycles. The van der Waals surface area contributed by atoms with Crippen molar-refractivity contribution < 1.29 is 24.6 Å². The number of phenols is 1. The molecule has 11 heteroatoms. The third kappa shape index (κ3) is 7.95. The molecule has 168 valence electrons. The minimum absolute atomic E-state index is 0.0132. The Morgan fingerprint density at radius 3 is 2.39 bits per heavy atom. The Morgan fingerprint density at radius 1 is 1.13 bits per heavy atom. The van der Waals surface area contributed by atoms with Crippen molar-refractivity contribution in [1.29, 1.82) is 0 Å². The number of rotatable bonds is 12. The number of phenolic OH excluding ortho intramolecular Hbond substituents is 1. The summed E-state index contributed by atoms with van der Waals surface area (Å²) < 4.78 is 0. The van der Waals surface area contributed by atoms with E-state index < -0.39 is 35.9 Å². The molecule has 1 aromatic heterocycles. The number of H-pyrrole nitrogens is 1. The van der Waals surface area contributed by atoms with Crippen molar-refractivity contribution in [2.45, 2.75) is 37.4 Å². The first-order valence-electron chi connectivity index (χ1n) is 9.63. The second kappa shape index (κ2) is 12.0. The van der Waals surface area contributed by atoms with E-state index in [2.05, 4.69) is 20.6 Å². The molecule has 3 atom stereocenters. The highest BCUT2D eigenvalue weighted by Crippen LogP contribution is 2.12. The third-order valence-electron chi connectivity index (χ3n) is 4.57. The van der Waals surface area contributed by atoms with E-state index in [1.54, 1.807) is 23.9 Å². The number of thioether (sulfide) groups is 1. The van der Waals surface area contributed by atoms with Gasteiger partial charge in [-0.15, -0.1) is 0 Å². The van der Waals surface area contributed by atoms with Gasteiger partial charge in [0.1, 0.15) is 17.8 Å². The molecule has 1 heterocycles. The van der Waals surface area contributed by atoms with E-state index in [9.17, 15) is 24.6 Å². The summed E-state index contributed by atoms with van der Waals surface area (Å²) in [5.74, 6) is -1.60. The van der Waals surface area contributed by atoms with Gasteiger partial charge >= 0.3 is 5.97 Å². The Balaban J connectivity index is 2.10. The van der Waals surface area contributed by atoms with Crippen molar-refractivity contribution in [3.8, 4) is 5.75 Å². The average Bonchev–Trinajstić information content (AvgIpc) is 3.25. The van der Waals surface area contributed by atoms with Crippen LogP contribution in [0, 0.1) is 0 Å². The number of carbonyl (C=O) groups excluding carboxylic acids is 2. The Labute approximate surface area is 184 Å². The first-order chi connectivity index (χ1) is 14.8. The fraction of sp³-hybridized carbons (Fsp3) is 0.400. The maximum Gasteiger partial charge on any atom is 0.326 e. The minimum atomic E-state index is -1.22. The number of imidazole rings is 1. The number of aromatic hydroxyl groups is 1. The summed E-state index contributed by atoms with van der Waals surface area (Å²) in [6.07, 6.45) is 5.42. The Kier molecular flexibility index (Phi) is 9.35. The van der Waals surface area contributed by atoms with Crippen LogP contribution in [0.4, 0.5) is 0 Å². The zero-order valence-corrected chi connectivity index (χ0v) is 17.9. The van der Waals surface area contributed by atoms with Gasteiger partial charge in [-0.3, -0.25) is 9.59 Å². The molecule has 7 N–H and O–H groups in total. The summed E-state index contributed by atoms with van der Waals surface area (Å²) in [5.41, 5.74) is 7.12. The number of carboxylic acids is 1. The number of carbonyl (C=O) groups is 3. The number of nitrogens with zero attached hydrogens (tertiary/aromatic N) is 1. The van der Waals surface area contributed by atoms with E-state index in [0.29, 0.717) is 23.4 Å². The number of nitrogens with two attached hydrogens (primary N) is 1. The van der Waals surface area contributed by atoms with Crippen molar-refractivity contribution in [2.75, 3.05) is 12.0 Å². The van der Waals surface area contributed by atoms with Gasteiger partial charge < -0.3 is 31.6 Å². The number of carboxylic acid groups (broad SMARTS) is 1. The SMILES string of the molecule is CSCCC(N)C(=O)NC(Cc1cnc[nH]1)C(=O)NC(Cc1ccc(O)cc1)C(=O)O. The maximum absolute atomic E-state index is 12.9. The Hall–Kier alpha value is -3.05. The number of hydrogen-bond acceptors (Lipinski definition) is 7. The predicted molar refractivity (Wildman–Crippen MR) is 117 cm³/mol. The van der Waals surface area contributed by atoms with E-state index in [4.69, 9.17) is 5.73 Å². The number of amides is 2. The van der Waals surface area contributed by atoms with E-state index in [-0.39, 0.29) is 18.6 Å². The van der Waals surface area contributed by atoms with E-state index in [1.165, 1.54) is 24.7 Å². The Bertz CT molecular complexity index is 859. The van der Waals surface area contributed by atoms with Crippen LogP contribution >= 0.6 is 11.8 Å². The second-order valence-corrected chi connectivity index (χ2v) is 7.99. The zero-order valence-electron chi connectivity index (χ0n) is 17.1.